The summed E-state index contributed by atoms with van der Waals surface area (Å²) in [4.78, 5) is 29.1. The van der Waals surface area contributed by atoms with E-state index in [0.29, 0.717) is 10.4 Å². The number of nitriles is 2. The number of thiazole rings is 1. The highest BCUT2D eigenvalue weighted by molar-refractivity contribution is 7.89. The Morgan fingerprint density at radius 1 is 1.06 bits per heavy atom. The zero-order valence-corrected chi connectivity index (χ0v) is 20.6. The fraction of sp³-hybridized carbons (Fsp3) is 0.261. The molecule has 35 heavy (non-hydrogen) atoms. The molecule has 0 bridgehead atoms. The third-order valence-electron chi connectivity index (χ3n) is 5.11. The first-order valence-electron chi connectivity index (χ1n) is 10.3. The van der Waals surface area contributed by atoms with Crippen molar-refractivity contribution in [2.45, 2.75) is 17.7 Å². The van der Waals surface area contributed by atoms with Crippen molar-refractivity contribution in [3.05, 3.63) is 58.4 Å². The van der Waals surface area contributed by atoms with Gasteiger partial charge in [-0.05, 0) is 42.5 Å². The first-order valence-corrected chi connectivity index (χ1v) is 12.6. The number of ether oxygens (including phenoxy) is 1. The molecule has 0 aliphatic heterocycles. The molecule has 0 saturated heterocycles. The first-order chi connectivity index (χ1) is 16.7. The molecule has 0 radical (unpaired) electrons. The number of fused-ring (bicyclic) bond motifs is 1. The van der Waals surface area contributed by atoms with Crippen molar-refractivity contribution in [2.75, 3.05) is 20.2 Å². The maximum Gasteiger partial charge on any atom is 0.337 e. The van der Waals surface area contributed by atoms with E-state index < -0.39 is 21.9 Å². The van der Waals surface area contributed by atoms with E-state index in [1.807, 2.05) is 12.1 Å². The molecular weight excluding hydrogens is 490 g/mol. The molecular formula is C23H21N5O5S2. The van der Waals surface area contributed by atoms with Gasteiger partial charge in [0.2, 0.25) is 10.0 Å². The Hall–Kier alpha value is -3.84. The fourth-order valence-corrected chi connectivity index (χ4v) is 5.75. The summed E-state index contributed by atoms with van der Waals surface area (Å²) in [5, 5.41) is 17.6. The summed E-state index contributed by atoms with van der Waals surface area (Å²) in [6.07, 6.45) is -0.0131. The predicted octanol–water partition coefficient (Wildman–Crippen LogP) is 2.59. The number of carbonyl (C=O) groups excluding carboxylic acids is 2. The van der Waals surface area contributed by atoms with Gasteiger partial charge in [0.25, 0.3) is 5.91 Å². The van der Waals surface area contributed by atoms with Crippen LogP contribution in [-0.2, 0) is 21.8 Å². The van der Waals surface area contributed by atoms with Gasteiger partial charge in [-0.25, -0.2) is 13.2 Å². The largest absolute Gasteiger partial charge is 0.465 e. The van der Waals surface area contributed by atoms with Crippen LogP contribution in [0, 0.1) is 22.7 Å². The number of nitrogens with zero attached hydrogens (tertiary/aromatic N) is 5. The third-order valence-corrected chi connectivity index (χ3v) is 8.12. The SMILES string of the molecule is COC(=O)c1ccc2c(c1)sc(=NC(=O)c1ccc(S(=O)(=O)N(CCC#N)CCC#N)cc1)n2C. The van der Waals surface area contributed by atoms with Crippen molar-refractivity contribution < 1.29 is 22.7 Å². The second-order valence-electron chi connectivity index (χ2n) is 7.28. The zero-order chi connectivity index (χ0) is 25.6. The van der Waals surface area contributed by atoms with Crippen molar-refractivity contribution in [3.8, 4) is 12.1 Å². The topological polar surface area (TPSA) is 146 Å². The number of amides is 1. The molecule has 0 saturated carbocycles. The van der Waals surface area contributed by atoms with E-state index in [-0.39, 0.29) is 36.4 Å². The Morgan fingerprint density at radius 2 is 1.66 bits per heavy atom. The average molecular weight is 512 g/mol. The molecule has 0 aliphatic rings. The molecule has 1 amide bonds. The Labute approximate surface area is 206 Å². The molecule has 0 unspecified atom stereocenters. The van der Waals surface area contributed by atoms with Gasteiger partial charge in [-0.1, -0.05) is 11.3 Å². The van der Waals surface area contributed by atoms with E-state index in [1.54, 1.807) is 29.8 Å². The van der Waals surface area contributed by atoms with Gasteiger partial charge in [-0.3, -0.25) is 4.79 Å². The van der Waals surface area contributed by atoms with Crippen LogP contribution in [0.4, 0.5) is 0 Å². The molecule has 3 aromatic rings. The number of hydrogen-bond donors (Lipinski definition) is 0. The van der Waals surface area contributed by atoms with Crippen LogP contribution in [-0.4, -0.2) is 49.4 Å². The van der Waals surface area contributed by atoms with E-state index in [9.17, 15) is 18.0 Å². The van der Waals surface area contributed by atoms with Crippen LogP contribution >= 0.6 is 11.3 Å². The van der Waals surface area contributed by atoms with Gasteiger partial charge in [0.15, 0.2) is 4.80 Å². The molecule has 3 rings (SSSR count). The summed E-state index contributed by atoms with van der Waals surface area (Å²) in [5.41, 5.74) is 1.36. The van der Waals surface area contributed by atoms with E-state index in [2.05, 4.69) is 4.99 Å². The van der Waals surface area contributed by atoms with Gasteiger partial charge >= 0.3 is 5.97 Å². The van der Waals surface area contributed by atoms with Gasteiger partial charge in [-0.15, -0.1) is 0 Å². The molecule has 12 heteroatoms. The Kier molecular flexibility index (Phi) is 8.14. The Balaban J connectivity index is 1.89. The highest BCUT2D eigenvalue weighted by Crippen LogP contribution is 2.20. The second kappa shape index (κ2) is 11.1. The number of benzene rings is 2. The van der Waals surface area contributed by atoms with E-state index in [0.717, 1.165) is 14.5 Å². The molecule has 0 atom stereocenters. The second-order valence-corrected chi connectivity index (χ2v) is 10.2. The van der Waals surface area contributed by atoms with Crippen molar-refractivity contribution in [3.63, 3.8) is 0 Å². The number of sulfonamides is 1. The van der Waals surface area contributed by atoms with Crippen LogP contribution in [0.3, 0.4) is 0 Å². The summed E-state index contributed by atoms with van der Waals surface area (Å²) in [7, 11) is -0.891. The minimum absolute atomic E-state index is 0.00653. The number of aromatic nitrogens is 1. The number of hydrogen-bond acceptors (Lipinski definition) is 8. The minimum Gasteiger partial charge on any atom is -0.465 e. The number of aryl methyl sites for hydroxylation is 1. The van der Waals surface area contributed by atoms with Crippen LogP contribution in [0.2, 0.25) is 0 Å². The Bertz CT molecular complexity index is 1510. The van der Waals surface area contributed by atoms with Crippen molar-refractivity contribution in [1.29, 1.82) is 10.5 Å². The number of esters is 1. The number of carbonyl (C=O) groups is 2. The average Bonchev–Trinajstić information content (AvgIpc) is 3.17. The van der Waals surface area contributed by atoms with Gasteiger partial charge in [0.1, 0.15) is 0 Å². The van der Waals surface area contributed by atoms with Crippen LogP contribution in [0.1, 0.15) is 33.6 Å². The van der Waals surface area contributed by atoms with Crippen molar-refractivity contribution in [2.24, 2.45) is 12.0 Å². The van der Waals surface area contributed by atoms with Gasteiger partial charge in [-0.2, -0.15) is 19.8 Å². The first kappa shape index (κ1) is 25.8. The van der Waals surface area contributed by atoms with Crippen molar-refractivity contribution >= 4 is 43.5 Å². The van der Waals surface area contributed by atoms with Gasteiger partial charge in [0, 0.05) is 38.5 Å². The summed E-state index contributed by atoms with van der Waals surface area (Å²) in [6, 6.07) is 14.2. The summed E-state index contributed by atoms with van der Waals surface area (Å²) in [6.45, 7) is -0.0622. The zero-order valence-electron chi connectivity index (χ0n) is 19.0. The summed E-state index contributed by atoms with van der Waals surface area (Å²) in [5.74, 6) is -1.03. The summed E-state index contributed by atoms with van der Waals surface area (Å²) >= 11 is 1.23. The molecule has 0 N–H and O–H groups in total. The number of methoxy groups -OCH3 is 1. The molecule has 10 nitrogen and oxygen atoms in total. The molecule has 180 valence electrons. The van der Waals surface area contributed by atoms with Crippen LogP contribution in [0.15, 0.2) is 52.4 Å². The van der Waals surface area contributed by atoms with Crippen LogP contribution < -0.4 is 4.80 Å². The lowest BCUT2D eigenvalue weighted by Crippen LogP contribution is -2.32. The normalized spacial score (nSPS) is 11.9. The predicted molar refractivity (Wildman–Crippen MR) is 128 cm³/mol. The fourth-order valence-electron chi connectivity index (χ4n) is 3.26. The van der Waals surface area contributed by atoms with E-state index in [1.165, 1.54) is 42.7 Å². The molecule has 0 spiro atoms. The van der Waals surface area contributed by atoms with Crippen molar-refractivity contribution in [1.82, 2.24) is 8.87 Å². The highest BCUT2D eigenvalue weighted by atomic mass is 32.2. The standard InChI is InChI=1S/C23H21N5O5S2/c1-27-19-10-7-17(22(30)33-2)15-20(19)34-23(27)26-21(29)16-5-8-18(9-6-16)35(31,32)28(13-3-11-24)14-4-12-25/h5-10,15H,3-4,13-14H2,1-2H3. The molecule has 1 aromatic heterocycles. The third kappa shape index (κ3) is 5.63. The van der Waals surface area contributed by atoms with Gasteiger partial charge < -0.3 is 9.30 Å². The van der Waals surface area contributed by atoms with E-state index >= 15 is 0 Å². The highest BCUT2D eigenvalue weighted by Gasteiger charge is 2.24. The molecule has 1 heterocycles. The maximum atomic E-state index is 12.9. The quantitative estimate of drug-likeness (QED) is 0.422. The molecule has 0 fully saturated rings. The number of rotatable bonds is 8. The maximum absolute atomic E-state index is 12.9. The lowest BCUT2D eigenvalue weighted by Gasteiger charge is -2.20. The minimum atomic E-state index is -3.93. The van der Waals surface area contributed by atoms with Crippen LogP contribution in [0.25, 0.3) is 10.2 Å². The Morgan fingerprint density at radius 3 is 2.23 bits per heavy atom. The lowest BCUT2D eigenvalue weighted by atomic mass is 10.2. The van der Waals surface area contributed by atoms with E-state index in [4.69, 9.17) is 15.3 Å². The smallest absolute Gasteiger partial charge is 0.337 e. The monoisotopic (exact) mass is 511 g/mol. The van der Waals surface area contributed by atoms with Gasteiger partial charge in [0.05, 0.1) is 39.9 Å². The molecule has 2 aromatic carbocycles. The van der Waals surface area contributed by atoms with Crippen LogP contribution in [0.5, 0.6) is 0 Å². The molecule has 0 aliphatic carbocycles. The lowest BCUT2D eigenvalue weighted by molar-refractivity contribution is 0.0600. The summed E-state index contributed by atoms with van der Waals surface area (Å²) < 4.78 is 34.1.